The summed E-state index contributed by atoms with van der Waals surface area (Å²) in [5, 5.41) is 14.5. The fourth-order valence-electron chi connectivity index (χ4n) is 4.81. The van der Waals surface area contributed by atoms with Gasteiger partial charge in [-0.25, -0.2) is 0 Å². The van der Waals surface area contributed by atoms with Crippen LogP contribution in [0.1, 0.15) is 36.8 Å². The number of nitrogens with zero attached hydrogens (tertiary/aromatic N) is 3. The monoisotopic (exact) mass is 482 g/mol. The van der Waals surface area contributed by atoms with Crippen molar-refractivity contribution in [1.82, 2.24) is 4.90 Å². The minimum Gasteiger partial charge on any atom is -0.382 e. The zero-order valence-corrected chi connectivity index (χ0v) is 20.9. The molecule has 1 N–H and O–H groups in total. The molecule has 182 valence electrons. The van der Waals surface area contributed by atoms with Gasteiger partial charge in [0, 0.05) is 55.2 Å². The van der Waals surface area contributed by atoms with Crippen molar-refractivity contribution in [2.75, 3.05) is 43.0 Å². The number of anilines is 2. The molecule has 0 atom stereocenters. The highest BCUT2D eigenvalue weighted by Gasteiger charge is 2.24. The maximum atomic E-state index is 11.0. The van der Waals surface area contributed by atoms with Crippen LogP contribution in [0.3, 0.4) is 0 Å². The van der Waals surface area contributed by atoms with Crippen LogP contribution in [0.5, 0.6) is 0 Å². The molecule has 1 saturated heterocycles. The third-order valence-corrected chi connectivity index (χ3v) is 7.29. The third kappa shape index (κ3) is 6.24. The Labute approximate surface area is 207 Å². The van der Waals surface area contributed by atoms with E-state index in [9.17, 15) is 10.1 Å². The lowest BCUT2D eigenvalue weighted by atomic mass is 9.92. The van der Waals surface area contributed by atoms with E-state index < -0.39 is 0 Å². The number of benzene rings is 2. The molecular weight excluding hydrogens is 448 g/mol. The lowest BCUT2D eigenvalue weighted by molar-refractivity contribution is -0.385. The van der Waals surface area contributed by atoms with Crippen molar-refractivity contribution in [1.29, 1.82) is 0 Å². The van der Waals surface area contributed by atoms with Gasteiger partial charge in [-0.1, -0.05) is 29.9 Å². The molecule has 8 heteroatoms. The molecule has 1 saturated carbocycles. The van der Waals surface area contributed by atoms with E-state index in [-0.39, 0.29) is 16.7 Å². The van der Waals surface area contributed by atoms with Gasteiger partial charge in [0.15, 0.2) is 0 Å². The van der Waals surface area contributed by atoms with Crippen molar-refractivity contribution in [3.05, 3.63) is 63.7 Å². The van der Waals surface area contributed by atoms with Crippen LogP contribution < -0.4 is 10.2 Å². The molecule has 2 aromatic rings. The zero-order valence-electron chi connectivity index (χ0n) is 20.0. The van der Waals surface area contributed by atoms with E-state index in [2.05, 4.69) is 46.3 Å². The predicted octanol–water partition coefficient (Wildman–Crippen LogP) is 5.10. The van der Waals surface area contributed by atoms with E-state index >= 15 is 0 Å². The molecule has 0 radical (unpaired) electrons. The molecular formula is C26H34N4O3S. The first-order chi connectivity index (χ1) is 16.4. The maximum Gasteiger partial charge on any atom is 0.272 e. The standard InChI is InChI=1S/C26H34N4O3S/c1-19-3-8-23(9-4-19)28-13-15-29(16-14-28)26(34)18-33-24-10-5-21(6-11-24)27-22-7-12-25(30(31)32)20(2)17-22/h3-4,7-9,12,17,21,24,27H,5-6,10-11,13-16,18H2,1-2H3. The van der Waals surface area contributed by atoms with E-state index in [0.29, 0.717) is 18.2 Å². The normalized spacial score (nSPS) is 20.8. The van der Waals surface area contributed by atoms with Crippen molar-refractivity contribution in [2.45, 2.75) is 51.7 Å². The van der Waals surface area contributed by atoms with Gasteiger partial charge in [0.05, 0.1) is 17.6 Å². The highest BCUT2D eigenvalue weighted by Crippen LogP contribution is 2.27. The van der Waals surface area contributed by atoms with Crippen LogP contribution in [-0.4, -0.2) is 59.7 Å². The average molecular weight is 483 g/mol. The lowest BCUT2D eigenvalue weighted by Gasteiger charge is -2.38. The number of hydrogen-bond acceptors (Lipinski definition) is 6. The average Bonchev–Trinajstić information content (AvgIpc) is 2.84. The number of ether oxygens (including phenoxy) is 1. The molecule has 7 nitrogen and oxygen atoms in total. The Bertz CT molecular complexity index is 998. The van der Waals surface area contributed by atoms with Crippen LogP contribution in [0.15, 0.2) is 42.5 Å². The van der Waals surface area contributed by atoms with Gasteiger partial charge in [-0.05, 0) is 63.8 Å². The summed E-state index contributed by atoms with van der Waals surface area (Å²) in [7, 11) is 0. The molecule has 34 heavy (non-hydrogen) atoms. The van der Waals surface area contributed by atoms with Crippen molar-refractivity contribution in [2.24, 2.45) is 0 Å². The van der Waals surface area contributed by atoms with Crippen molar-refractivity contribution in [3.8, 4) is 0 Å². The zero-order chi connectivity index (χ0) is 24.1. The molecule has 1 aliphatic carbocycles. The summed E-state index contributed by atoms with van der Waals surface area (Å²) in [6.45, 7) is 8.22. The second-order valence-corrected chi connectivity index (χ2v) is 9.86. The number of nitro benzene ring substituents is 1. The largest absolute Gasteiger partial charge is 0.382 e. The van der Waals surface area contributed by atoms with Crippen LogP contribution >= 0.6 is 12.2 Å². The fraction of sp³-hybridized carbons (Fsp3) is 0.500. The summed E-state index contributed by atoms with van der Waals surface area (Å²) in [6, 6.07) is 14.3. The molecule has 2 fully saturated rings. The predicted molar refractivity (Wildman–Crippen MR) is 141 cm³/mol. The number of hydrogen-bond donors (Lipinski definition) is 1. The van der Waals surface area contributed by atoms with E-state index in [0.717, 1.165) is 62.5 Å². The van der Waals surface area contributed by atoms with Gasteiger partial charge in [-0.2, -0.15) is 0 Å². The summed E-state index contributed by atoms with van der Waals surface area (Å²) in [4.78, 5) is 16.3. The number of piperazine rings is 1. The van der Waals surface area contributed by atoms with E-state index in [1.165, 1.54) is 11.3 Å². The highest BCUT2D eigenvalue weighted by atomic mass is 32.1. The maximum absolute atomic E-state index is 11.0. The number of rotatable bonds is 7. The first kappa shape index (κ1) is 24.4. The van der Waals surface area contributed by atoms with Gasteiger partial charge in [0.1, 0.15) is 4.99 Å². The summed E-state index contributed by atoms with van der Waals surface area (Å²) >= 11 is 5.69. The second kappa shape index (κ2) is 11.1. The Morgan fingerprint density at radius 2 is 1.74 bits per heavy atom. The molecule has 2 aliphatic rings. The molecule has 0 bridgehead atoms. The second-order valence-electron chi connectivity index (χ2n) is 9.39. The van der Waals surface area contributed by atoms with Crippen molar-refractivity contribution in [3.63, 3.8) is 0 Å². The summed E-state index contributed by atoms with van der Waals surface area (Å²) in [5.41, 5.74) is 4.35. The van der Waals surface area contributed by atoms with E-state index in [4.69, 9.17) is 17.0 Å². The highest BCUT2D eigenvalue weighted by molar-refractivity contribution is 7.80. The van der Waals surface area contributed by atoms with Gasteiger partial charge in [0.25, 0.3) is 5.69 Å². The molecule has 0 aromatic heterocycles. The number of aryl methyl sites for hydroxylation is 2. The van der Waals surface area contributed by atoms with E-state index in [1.807, 2.05) is 6.07 Å². The Morgan fingerprint density at radius 1 is 1.06 bits per heavy atom. The Kier molecular flexibility index (Phi) is 8.00. The molecule has 1 aliphatic heterocycles. The Balaban J connectivity index is 1.16. The molecule has 1 heterocycles. The molecule has 0 amide bonds. The molecule has 0 unspecified atom stereocenters. The number of nitro groups is 1. The smallest absolute Gasteiger partial charge is 0.272 e. The van der Waals surface area contributed by atoms with Gasteiger partial charge in [-0.3, -0.25) is 10.1 Å². The van der Waals surface area contributed by atoms with Crippen LogP contribution in [0.25, 0.3) is 0 Å². The van der Waals surface area contributed by atoms with Crippen LogP contribution in [0, 0.1) is 24.0 Å². The molecule has 4 rings (SSSR count). The summed E-state index contributed by atoms with van der Waals surface area (Å²) in [6.07, 6.45) is 4.26. The minimum atomic E-state index is -0.337. The first-order valence-corrected chi connectivity index (χ1v) is 12.5. The Hall–Kier alpha value is -2.71. The Morgan fingerprint density at radius 3 is 2.35 bits per heavy atom. The van der Waals surface area contributed by atoms with Crippen LogP contribution in [-0.2, 0) is 4.74 Å². The quantitative estimate of drug-likeness (QED) is 0.334. The van der Waals surface area contributed by atoms with Gasteiger partial charge in [-0.15, -0.1) is 0 Å². The van der Waals surface area contributed by atoms with Gasteiger partial charge in [0.2, 0.25) is 0 Å². The number of nitrogens with one attached hydrogen (secondary N) is 1. The first-order valence-electron chi connectivity index (χ1n) is 12.1. The van der Waals surface area contributed by atoms with Gasteiger partial charge >= 0.3 is 0 Å². The van der Waals surface area contributed by atoms with Crippen LogP contribution in [0.2, 0.25) is 0 Å². The van der Waals surface area contributed by atoms with Gasteiger partial charge < -0.3 is 19.9 Å². The van der Waals surface area contributed by atoms with Crippen molar-refractivity contribution >= 4 is 34.3 Å². The third-order valence-electron chi connectivity index (χ3n) is 6.91. The summed E-state index contributed by atoms with van der Waals surface area (Å²) in [5.74, 6) is 0. The minimum absolute atomic E-state index is 0.162. The summed E-state index contributed by atoms with van der Waals surface area (Å²) < 4.78 is 6.18. The molecule has 0 spiro atoms. The number of thiocarbonyl (C=S) groups is 1. The fourth-order valence-corrected chi connectivity index (χ4v) is 5.06. The van der Waals surface area contributed by atoms with Crippen LogP contribution in [0.4, 0.5) is 17.1 Å². The molecule has 2 aromatic carbocycles. The lowest BCUT2D eigenvalue weighted by Crippen LogP contribution is -2.49. The van der Waals surface area contributed by atoms with E-state index in [1.54, 1.807) is 19.1 Å². The van der Waals surface area contributed by atoms with Crippen molar-refractivity contribution < 1.29 is 9.66 Å². The topological polar surface area (TPSA) is 70.9 Å². The SMILES string of the molecule is Cc1ccc(N2CCN(C(=S)COC3CCC(Nc4ccc([N+](=O)[O-])c(C)c4)CC3)CC2)cc1.